The first kappa shape index (κ1) is 13.1. The van der Waals surface area contributed by atoms with Gasteiger partial charge in [0.15, 0.2) is 6.23 Å². The van der Waals surface area contributed by atoms with E-state index >= 15 is 0 Å². The van der Waals surface area contributed by atoms with E-state index in [9.17, 15) is 4.79 Å². The second kappa shape index (κ2) is 6.52. The minimum Gasteiger partial charge on any atom is -0.444 e. The molecule has 0 aromatic heterocycles. The molecule has 0 saturated carbocycles. The Balaban J connectivity index is 2.05. The fourth-order valence-electron chi connectivity index (χ4n) is 2.42. The third-order valence-electron chi connectivity index (χ3n) is 3.51. The third-order valence-corrected chi connectivity index (χ3v) is 3.51. The monoisotopic (exact) mass is 249 g/mol. The van der Waals surface area contributed by atoms with Gasteiger partial charge in [-0.1, -0.05) is 30.3 Å². The summed E-state index contributed by atoms with van der Waals surface area (Å²) in [5.74, 6) is 0.383. The number of piperidine rings is 1. The molecule has 1 atom stereocenters. The van der Waals surface area contributed by atoms with Crippen molar-refractivity contribution < 1.29 is 14.6 Å². The maximum Gasteiger partial charge on any atom is 0.294 e. The van der Waals surface area contributed by atoms with Crippen molar-refractivity contribution in [3.63, 3.8) is 0 Å². The lowest BCUT2D eigenvalue weighted by Crippen LogP contribution is -2.38. The van der Waals surface area contributed by atoms with Gasteiger partial charge in [-0.25, -0.2) is 0 Å². The minimum atomic E-state index is -0.302. The van der Waals surface area contributed by atoms with E-state index in [0.717, 1.165) is 31.5 Å². The molecule has 0 spiro atoms. The number of aliphatic hydroxyl groups excluding tert-OH is 1. The minimum absolute atomic E-state index is 0.248. The normalized spacial score (nSPS) is 19.4. The third kappa shape index (κ3) is 3.09. The van der Waals surface area contributed by atoms with E-state index < -0.39 is 0 Å². The topological polar surface area (TPSA) is 49.8 Å². The number of nitrogens with zero attached hydrogens (tertiary/aromatic N) is 1. The SMILES string of the molecule is O=COC(c1ccccc1)N1CCC(CO)CC1. The molecule has 0 radical (unpaired) electrons. The van der Waals surface area contributed by atoms with E-state index in [1.165, 1.54) is 0 Å². The average molecular weight is 249 g/mol. The van der Waals surface area contributed by atoms with Gasteiger partial charge in [0.25, 0.3) is 6.47 Å². The number of hydrogen-bond donors (Lipinski definition) is 1. The molecule has 0 amide bonds. The van der Waals surface area contributed by atoms with Crippen LogP contribution in [0.3, 0.4) is 0 Å². The maximum absolute atomic E-state index is 10.7. The van der Waals surface area contributed by atoms with Crippen LogP contribution in [0.5, 0.6) is 0 Å². The van der Waals surface area contributed by atoms with Crippen molar-refractivity contribution in [1.82, 2.24) is 4.90 Å². The van der Waals surface area contributed by atoms with Crippen LogP contribution in [0.1, 0.15) is 24.6 Å². The number of hydrogen-bond acceptors (Lipinski definition) is 4. The molecule has 0 aliphatic carbocycles. The maximum atomic E-state index is 10.7. The van der Waals surface area contributed by atoms with Gasteiger partial charge in [0, 0.05) is 25.3 Å². The molecule has 1 aliphatic heterocycles. The first-order chi connectivity index (χ1) is 8.85. The Hall–Kier alpha value is -1.39. The van der Waals surface area contributed by atoms with E-state index in [4.69, 9.17) is 9.84 Å². The molecule has 1 aromatic carbocycles. The summed E-state index contributed by atoms with van der Waals surface area (Å²) in [6.45, 7) is 2.45. The predicted molar refractivity (Wildman–Crippen MR) is 67.7 cm³/mol. The number of rotatable bonds is 5. The van der Waals surface area contributed by atoms with Gasteiger partial charge < -0.3 is 9.84 Å². The molecule has 1 fully saturated rings. The first-order valence-electron chi connectivity index (χ1n) is 6.34. The summed E-state index contributed by atoms with van der Waals surface area (Å²) in [5, 5.41) is 9.13. The average Bonchev–Trinajstić information content (AvgIpc) is 2.46. The Morgan fingerprint density at radius 2 is 2.00 bits per heavy atom. The van der Waals surface area contributed by atoms with Gasteiger partial charge in [-0.3, -0.25) is 9.69 Å². The zero-order valence-electron chi connectivity index (χ0n) is 10.4. The molecule has 4 nitrogen and oxygen atoms in total. The zero-order valence-corrected chi connectivity index (χ0v) is 10.4. The molecular formula is C14H19NO3. The van der Waals surface area contributed by atoms with Gasteiger partial charge in [-0.05, 0) is 18.8 Å². The number of benzene rings is 1. The Bertz CT molecular complexity index is 361. The highest BCUT2D eigenvalue weighted by atomic mass is 16.5. The Morgan fingerprint density at radius 1 is 1.33 bits per heavy atom. The largest absolute Gasteiger partial charge is 0.444 e. The molecule has 1 unspecified atom stereocenters. The van der Waals surface area contributed by atoms with Gasteiger partial charge in [0.1, 0.15) is 0 Å². The zero-order chi connectivity index (χ0) is 12.8. The van der Waals surface area contributed by atoms with Crippen LogP contribution >= 0.6 is 0 Å². The van der Waals surface area contributed by atoms with Crippen molar-refractivity contribution in [3.05, 3.63) is 35.9 Å². The summed E-state index contributed by atoms with van der Waals surface area (Å²) in [7, 11) is 0. The van der Waals surface area contributed by atoms with Crippen molar-refractivity contribution in [1.29, 1.82) is 0 Å². The lowest BCUT2D eigenvalue weighted by molar-refractivity contribution is -0.146. The van der Waals surface area contributed by atoms with Crippen molar-refractivity contribution in [3.8, 4) is 0 Å². The second-order valence-electron chi connectivity index (χ2n) is 4.66. The smallest absolute Gasteiger partial charge is 0.294 e. The molecule has 1 N–H and O–H groups in total. The van der Waals surface area contributed by atoms with Crippen LogP contribution in [0.4, 0.5) is 0 Å². The standard InChI is InChI=1S/C14H19NO3/c16-10-12-6-8-15(9-7-12)14(18-11-17)13-4-2-1-3-5-13/h1-5,11-12,14,16H,6-10H2. The molecular weight excluding hydrogens is 230 g/mol. The molecule has 1 saturated heterocycles. The van der Waals surface area contributed by atoms with Crippen LogP contribution < -0.4 is 0 Å². The van der Waals surface area contributed by atoms with Crippen molar-refractivity contribution in [2.45, 2.75) is 19.1 Å². The number of aliphatic hydroxyl groups is 1. The Labute approximate surface area is 107 Å². The number of ether oxygens (including phenoxy) is 1. The Morgan fingerprint density at radius 3 is 2.56 bits per heavy atom. The van der Waals surface area contributed by atoms with E-state index in [2.05, 4.69) is 4.90 Å². The number of carbonyl (C=O) groups is 1. The summed E-state index contributed by atoms with van der Waals surface area (Å²) < 4.78 is 5.22. The predicted octanol–water partition coefficient (Wildman–Crippen LogP) is 1.56. The van der Waals surface area contributed by atoms with E-state index in [0.29, 0.717) is 12.4 Å². The van der Waals surface area contributed by atoms with Gasteiger partial charge in [0.2, 0.25) is 0 Å². The summed E-state index contributed by atoms with van der Waals surface area (Å²) in [5.41, 5.74) is 0.993. The lowest BCUT2D eigenvalue weighted by atomic mass is 9.97. The summed E-state index contributed by atoms with van der Waals surface area (Å²) in [4.78, 5) is 12.8. The lowest BCUT2D eigenvalue weighted by Gasteiger charge is -2.35. The summed E-state index contributed by atoms with van der Waals surface area (Å²) in [6.07, 6.45) is 1.59. The van der Waals surface area contributed by atoms with Crippen LogP contribution in [0, 0.1) is 5.92 Å². The van der Waals surface area contributed by atoms with E-state index in [1.807, 2.05) is 30.3 Å². The van der Waals surface area contributed by atoms with E-state index in [1.54, 1.807) is 0 Å². The second-order valence-corrected chi connectivity index (χ2v) is 4.66. The van der Waals surface area contributed by atoms with Crippen LogP contribution in [0.15, 0.2) is 30.3 Å². The van der Waals surface area contributed by atoms with Crippen LogP contribution in [-0.2, 0) is 9.53 Å². The molecule has 1 aromatic rings. The van der Waals surface area contributed by atoms with Crippen molar-refractivity contribution in [2.24, 2.45) is 5.92 Å². The molecule has 1 heterocycles. The quantitative estimate of drug-likeness (QED) is 0.805. The first-order valence-corrected chi connectivity index (χ1v) is 6.34. The molecule has 18 heavy (non-hydrogen) atoms. The highest BCUT2D eigenvalue weighted by Crippen LogP contribution is 2.27. The molecule has 1 aliphatic rings. The molecule has 98 valence electrons. The number of likely N-dealkylation sites (tertiary alicyclic amines) is 1. The molecule has 2 rings (SSSR count). The summed E-state index contributed by atoms with van der Waals surface area (Å²) >= 11 is 0. The highest BCUT2D eigenvalue weighted by Gasteiger charge is 2.26. The Kier molecular flexibility index (Phi) is 4.73. The summed E-state index contributed by atoms with van der Waals surface area (Å²) in [6, 6.07) is 9.76. The molecule has 4 heteroatoms. The van der Waals surface area contributed by atoms with Crippen LogP contribution in [-0.4, -0.2) is 36.2 Å². The van der Waals surface area contributed by atoms with Crippen LogP contribution in [0.2, 0.25) is 0 Å². The van der Waals surface area contributed by atoms with E-state index in [-0.39, 0.29) is 12.8 Å². The van der Waals surface area contributed by atoms with Gasteiger partial charge in [-0.15, -0.1) is 0 Å². The number of carbonyl (C=O) groups excluding carboxylic acids is 1. The highest BCUT2D eigenvalue weighted by molar-refractivity contribution is 5.38. The van der Waals surface area contributed by atoms with Crippen molar-refractivity contribution >= 4 is 6.47 Å². The van der Waals surface area contributed by atoms with Gasteiger partial charge >= 0.3 is 0 Å². The van der Waals surface area contributed by atoms with Crippen molar-refractivity contribution in [2.75, 3.05) is 19.7 Å². The van der Waals surface area contributed by atoms with Gasteiger partial charge in [0.05, 0.1) is 0 Å². The fourth-order valence-corrected chi connectivity index (χ4v) is 2.42. The molecule has 0 bridgehead atoms. The van der Waals surface area contributed by atoms with Crippen LogP contribution in [0.25, 0.3) is 0 Å². The van der Waals surface area contributed by atoms with Gasteiger partial charge in [-0.2, -0.15) is 0 Å². The fraction of sp³-hybridized carbons (Fsp3) is 0.500.